The van der Waals surface area contributed by atoms with Crippen LogP contribution in [0.2, 0.25) is 0 Å². The fourth-order valence-electron chi connectivity index (χ4n) is 2.64. The van der Waals surface area contributed by atoms with Crippen molar-refractivity contribution in [2.75, 3.05) is 13.6 Å². The van der Waals surface area contributed by atoms with Gasteiger partial charge in [0.15, 0.2) is 0 Å². The maximum absolute atomic E-state index is 12.0. The molecule has 0 aromatic heterocycles. The molecule has 0 aromatic carbocycles. The van der Waals surface area contributed by atoms with Crippen LogP contribution in [-0.4, -0.2) is 24.4 Å². The molecule has 17 heavy (non-hydrogen) atoms. The van der Waals surface area contributed by atoms with Gasteiger partial charge in [-0.2, -0.15) is 5.26 Å². The van der Waals surface area contributed by atoms with Crippen LogP contribution in [0.5, 0.6) is 0 Å². The molecule has 0 heterocycles. The molecule has 0 aliphatic heterocycles. The highest BCUT2D eigenvalue weighted by molar-refractivity contribution is 5.80. The summed E-state index contributed by atoms with van der Waals surface area (Å²) in [5.41, 5.74) is 0. The molecule has 0 N–H and O–H groups in total. The van der Waals surface area contributed by atoms with Gasteiger partial charge in [-0.25, -0.2) is 0 Å². The zero-order valence-electron chi connectivity index (χ0n) is 11.1. The van der Waals surface area contributed by atoms with Crippen molar-refractivity contribution in [3.63, 3.8) is 0 Å². The van der Waals surface area contributed by atoms with E-state index in [2.05, 4.69) is 6.07 Å². The Bertz CT molecular complexity index is 276. The van der Waals surface area contributed by atoms with Crippen LogP contribution >= 0.6 is 0 Å². The molecule has 1 unspecified atom stereocenters. The number of nitriles is 1. The van der Waals surface area contributed by atoms with Gasteiger partial charge in [0.2, 0.25) is 5.91 Å². The molecular formula is C14H24N2O. The second kappa shape index (κ2) is 7.32. The topological polar surface area (TPSA) is 44.1 Å². The van der Waals surface area contributed by atoms with E-state index in [0.29, 0.717) is 12.3 Å². The van der Waals surface area contributed by atoms with E-state index in [0.717, 1.165) is 13.0 Å². The molecule has 1 amide bonds. The SMILES string of the molecule is CCCC(C#N)C(=O)N(C)CC1CCCCC1. The molecule has 0 spiro atoms. The van der Waals surface area contributed by atoms with Crippen molar-refractivity contribution < 1.29 is 4.79 Å². The van der Waals surface area contributed by atoms with Crippen molar-refractivity contribution >= 4 is 5.91 Å². The highest BCUT2D eigenvalue weighted by atomic mass is 16.2. The number of amides is 1. The summed E-state index contributed by atoms with van der Waals surface area (Å²) in [5, 5.41) is 8.98. The lowest BCUT2D eigenvalue weighted by molar-refractivity contribution is -0.133. The molecule has 96 valence electrons. The van der Waals surface area contributed by atoms with Gasteiger partial charge in [0.1, 0.15) is 5.92 Å². The molecule has 1 aliphatic carbocycles. The van der Waals surface area contributed by atoms with E-state index >= 15 is 0 Å². The Balaban J connectivity index is 2.42. The minimum atomic E-state index is -0.436. The number of rotatable bonds is 5. The van der Waals surface area contributed by atoms with Crippen molar-refractivity contribution in [1.29, 1.82) is 5.26 Å². The van der Waals surface area contributed by atoms with Crippen LogP contribution in [-0.2, 0) is 4.79 Å². The van der Waals surface area contributed by atoms with E-state index in [9.17, 15) is 4.79 Å². The first kappa shape index (κ1) is 14.0. The smallest absolute Gasteiger partial charge is 0.239 e. The predicted molar refractivity (Wildman–Crippen MR) is 68.2 cm³/mol. The Kier molecular flexibility index (Phi) is 6.04. The Hall–Kier alpha value is -1.04. The summed E-state index contributed by atoms with van der Waals surface area (Å²) in [5.74, 6) is 0.229. The van der Waals surface area contributed by atoms with E-state index in [1.165, 1.54) is 32.1 Å². The van der Waals surface area contributed by atoms with Crippen molar-refractivity contribution in [3.8, 4) is 6.07 Å². The average Bonchev–Trinajstić information content (AvgIpc) is 2.36. The quantitative estimate of drug-likeness (QED) is 0.736. The van der Waals surface area contributed by atoms with Gasteiger partial charge in [0.05, 0.1) is 6.07 Å². The van der Waals surface area contributed by atoms with Crippen LogP contribution in [0, 0.1) is 23.2 Å². The zero-order valence-corrected chi connectivity index (χ0v) is 11.1. The summed E-state index contributed by atoms with van der Waals surface area (Å²) in [4.78, 5) is 13.8. The number of carbonyl (C=O) groups excluding carboxylic acids is 1. The van der Waals surface area contributed by atoms with Crippen LogP contribution in [0.4, 0.5) is 0 Å². The normalized spacial score (nSPS) is 18.4. The van der Waals surface area contributed by atoms with Crippen molar-refractivity contribution in [3.05, 3.63) is 0 Å². The van der Waals surface area contributed by atoms with E-state index in [-0.39, 0.29) is 5.91 Å². The molecule has 1 saturated carbocycles. The van der Waals surface area contributed by atoms with Gasteiger partial charge in [-0.3, -0.25) is 4.79 Å². The third-order valence-electron chi connectivity index (χ3n) is 3.66. The lowest BCUT2D eigenvalue weighted by atomic mass is 9.89. The Labute approximate surface area is 105 Å². The summed E-state index contributed by atoms with van der Waals surface area (Å²) in [7, 11) is 1.84. The Morgan fingerprint density at radius 2 is 2.06 bits per heavy atom. The molecular weight excluding hydrogens is 212 g/mol. The summed E-state index contributed by atoms with van der Waals surface area (Å²) in [6.45, 7) is 2.85. The summed E-state index contributed by atoms with van der Waals surface area (Å²) in [6.07, 6.45) is 7.98. The van der Waals surface area contributed by atoms with E-state index in [1.807, 2.05) is 14.0 Å². The fraction of sp³-hybridized carbons (Fsp3) is 0.857. The first-order chi connectivity index (χ1) is 8.19. The number of nitrogens with zero attached hydrogens (tertiary/aromatic N) is 2. The Morgan fingerprint density at radius 1 is 1.41 bits per heavy atom. The van der Waals surface area contributed by atoms with Gasteiger partial charge < -0.3 is 4.90 Å². The van der Waals surface area contributed by atoms with Crippen molar-refractivity contribution in [2.45, 2.75) is 51.9 Å². The maximum atomic E-state index is 12.0. The minimum absolute atomic E-state index is 0.0138. The highest BCUT2D eigenvalue weighted by Crippen LogP contribution is 2.24. The van der Waals surface area contributed by atoms with Crippen molar-refractivity contribution in [2.24, 2.45) is 11.8 Å². The zero-order chi connectivity index (χ0) is 12.7. The van der Waals surface area contributed by atoms with Gasteiger partial charge in [0, 0.05) is 13.6 Å². The van der Waals surface area contributed by atoms with Gasteiger partial charge in [-0.15, -0.1) is 0 Å². The van der Waals surface area contributed by atoms with E-state index < -0.39 is 5.92 Å². The molecule has 3 nitrogen and oxygen atoms in total. The fourth-order valence-corrected chi connectivity index (χ4v) is 2.64. The van der Waals surface area contributed by atoms with Crippen molar-refractivity contribution in [1.82, 2.24) is 4.90 Å². The molecule has 0 aromatic rings. The largest absolute Gasteiger partial charge is 0.344 e. The van der Waals surface area contributed by atoms with Gasteiger partial charge in [0.25, 0.3) is 0 Å². The van der Waals surface area contributed by atoms with Crippen LogP contribution in [0.25, 0.3) is 0 Å². The van der Waals surface area contributed by atoms with Crippen LogP contribution < -0.4 is 0 Å². The van der Waals surface area contributed by atoms with Crippen LogP contribution in [0.3, 0.4) is 0 Å². The molecule has 1 rings (SSSR count). The van der Waals surface area contributed by atoms with E-state index in [4.69, 9.17) is 5.26 Å². The summed E-state index contributed by atoms with van der Waals surface area (Å²) in [6, 6.07) is 2.13. The monoisotopic (exact) mass is 236 g/mol. The number of hydrogen-bond donors (Lipinski definition) is 0. The lowest BCUT2D eigenvalue weighted by Crippen LogP contribution is -2.36. The second-order valence-corrected chi connectivity index (χ2v) is 5.19. The molecule has 0 bridgehead atoms. The molecule has 1 atom stereocenters. The van der Waals surface area contributed by atoms with Gasteiger partial charge >= 0.3 is 0 Å². The Morgan fingerprint density at radius 3 is 2.59 bits per heavy atom. The summed E-state index contributed by atoms with van der Waals surface area (Å²) >= 11 is 0. The van der Waals surface area contributed by atoms with Crippen LogP contribution in [0.15, 0.2) is 0 Å². The molecule has 3 heteroatoms. The molecule has 1 aliphatic rings. The van der Waals surface area contributed by atoms with Gasteiger partial charge in [-0.05, 0) is 25.2 Å². The van der Waals surface area contributed by atoms with Gasteiger partial charge in [-0.1, -0.05) is 32.6 Å². The lowest BCUT2D eigenvalue weighted by Gasteiger charge is -2.28. The predicted octanol–water partition coefficient (Wildman–Crippen LogP) is 2.96. The van der Waals surface area contributed by atoms with Crippen LogP contribution in [0.1, 0.15) is 51.9 Å². The second-order valence-electron chi connectivity index (χ2n) is 5.19. The number of hydrogen-bond acceptors (Lipinski definition) is 2. The first-order valence-electron chi connectivity index (χ1n) is 6.83. The molecule has 0 saturated heterocycles. The third kappa shape index (κ3) is 4.38. The summed E-state index contributed by atoms with van der Waals surface area (Å²) < 4.78 is 0. The maximum Gasteiger partial charge on any atom is 0.239 e. The van der Waals surface area contributed by atoms with E-state index in [1.54, 1.807) is 4.90 Å². The average molecular weight is 236 g/mol. The minimum Gasteiger partial charge on any atom is -0.344 e. The highest BCUT2D eigenvalue weighted by Gasteiger charge is 2.23. The standard InChI is InChI=1S/C14H24N2O/c1-3-7-13(10-15)14(17)16(2)11-12-8-5-4-6-9-12/h12-13H,3-9,11H2,1-2H3. The first-order valence-corrected chi connectivity index (χ1v) is 6.83. The number of carbonyl (C=O) groups is 1. The third-order valence-corrected chi connectivity index (χ3v) is 3.66. The molecule has 0 radical (unpaired) electrons. The molecule has 1 fully saturated rings.